The van der Waals surface area contributed by atoms with Crippen LogP contribution in [-0.4, -0.2) is 55.3 Å². The number of thiophene rings is 2. The van der Waals surface area contributed by atoms with Crippen LogP contribution in [0.15, 0.2) is 41.4 Å². The summed E-state index contributed by atoms with van der Waals surface area (Å²) in [5.41, 5.74) is 7.12. The molecule has 0 aliphatic carbocycles. The molecule has 2 aliphatic rings. The largest absolute Gasteiger partial charge is 0.481 e. The third-order valence-corrected chi connectivity index (χ3v) is 9.02. The van der Waals surface area contributed by atoms with Gasteiger partial charge in [0.25, 0.3) is 11.8 Å². The number of aryl methyl sites for hydroxylation is 1. The molecule has 0 spiro atoms. The van der Waals surface area contributed by atoms with Gasteiger partial charge in [-0.05, 0) is 62.9 Å². The number of aliphatic imine (C=N–C) groups is 1. The van der Waals surface area contributed by atoms with E-state index in [4.69, 9.17) is 15.6 Å². The van der Waals surface area contributed by atoms with Crippen LogP contribution in [0.5, 0.6) is 0 Å². The summed E-state index contributed by atoms with van der Waals surface area (Å²) >= 11 is 3.28. The zero-order valence-corrected chi connectivity index (χ0v) is 22.8. The number of fused-ring (bicyclic) bond motifs is 2. The second-order valence-corrected chi connectivity index (χ2v) is 11.7. The first-order valence-corrected chi connectivity index (χ1v) is 14.2. The number of ether oxygens (including phenoxy) is 1. The van der Waals surface area contributed by atoms with E-state index >= 15 is 0 Å². The number of piperidine rings is 1. The summed E-state index contributed by atoms with van der Waals surface area (Å²) in [6.45, 7) is 2.45. The molecule has 1 aromatic carbocycles. The van der Waals surface area contributed by atoms with Gasteiger partial charge in [0.2, 0.25) is 0 Å². The number of primary amides is 1. The number of nitrogens with zero attached hydrogens (tertiary/aromatic N) is 1. The van der Waals surface area contributed by atoms with E-state index in [9.17, 15) is 14.4 Å². The summed E-state index contributed by atoms with van der Waals surface area (Å²) in [5.74, 6) is -0.781. The molecule has 0 bridgehead atoms. The lowest BCUT2D eigenvalue weighted by Gasteiger charge is -2.22. The molecular formula is C27H32N4O5S2. The Morgan fingerprint density at radius 2 is 1.95 bits per heavy atom. The minimum Gasteiger partial charge on any atom is -0.481 e. The van der Waals surface area contributed by atoms with Gasteiger partial charge in [0, 0.05) is 29.5 Å². The summed E-state index contributed by atoms with van der Waals surface area (Å²) in [7, 11) is 1.53. The Hall–Kier alpha value is -3.12. The predicted molar refractivity (Wildman–Crippen MR) is 151 cm³/mol. The zero-order chi connectivity index (χ0) is 27.1. The van der Waals surface area contributed by atoms with Crippen LogP contribution in [0.25, 0.3) is 9.40 Å². The van der Waals surface area contributed by atoms with Crippen molar-refractivity contribution < 1.29 is 24.2 Å². The third-order valence-electron chi connectivity index (χ3n) is 6.57. The molecule has 1 fully saturated rings. The number of carbonyl (C=O) groups excluding carboxylic acids is 2. The van der Waals surface area contributed by atoms with Crippen molar-refractivity contribution in [3.8, 4) is 0 Å². The van der Waals surface area contributed by atoms with Crippen molar-refractivity contribution in [1.29, 1.82) is 0 Å². The van der Waals surface area contributed by atoms with Gasteiger partial charge >= 0.3 is 5.97 Å². The zero-order valence-electron chi connectivity index (χ0n) is 21.2. The molecule has 2 aliphatic heterocycles. The van der Waals surface area contributed by atoms with Gasteiger partial charge < -0.3 is 26.2 Å². The molecule has 1 saturated heterocycles. The van der Waals surface area contributed by atoms with Gasteiger partial charge in [-0.1, -0.05) is 18.2 Å². The van der Waals surface area contributed by atoms with E-state index in [1.165, 1.54) is 46.6 Å². The highest BCUT2D eigenvalue weighted by atomic mass is 32.2. The summed E-state index contributed by atoms with van der Waals surface area (Å²) in [5, 5.41) is 15.8. The average Bonchev–Trinajstić information content (AvgIpc) is 3.59. The number of para-hydroxylation sites is 1. The first kappa shape index (κ1) is 27.9. The van der Waals surface area contributed by atoms with Gasteiger partial charge in [0.15, 0.2) is 0 Å². The number of hydrogen-bond donors (Lipinski definition) is 4. The van der Waals surface area contributed by atoms with Gasteiger partial charge in [0.1, 0.15) is 11.8 Å². The molecule has 0 saturated carbocycles. The first-order valence-electron chi connectivity index (χ1n) is 12.6. The SMILES string of the molecule is COC1C(C(N)=O)=Nc2ccccc21.O=C(O)CCNC(=O)c1cc2cc(CCC3CCNCC3)sc2s1. The topological polar surface area (TPSA) is 143 Å². The van der Waals surface area contributed by atoms with Crippen LogP contribution in [0.3, 0.4) is 0 Å². The van der Waals surface area contributed by atoms with E-state index in [2.05, 4.69) is 21.7 Å². The average molecular weight is 557 g/mol. The highest BCUT2D eigenvalue weighted by Crippen LogP contribution is 2.36. The molecule has 1 unspecified atom stereocenters. The van der Waals surface area contributed by atoms with Crippen LogP contribution in [0, 0.1) is 5.92 Å². The lowest BCUT2D eigenvalue weighted by atomic mass is 9.93. The lowest BCUT2D eigenvalue weighted by Crippen LogP contribution is -2.27. The normalized spacial score (nSPS) is 16.9. The van der Waals surface area contributed by atoms with Crippen molar-refractivity contribution in [2.75, 3.05) is 26.7 Å². The lowest BCUT2D eigenvalue weighted by molar-refractivity contribution is -0.136. The van der Waals surface area contributed by atoms with Gasteiger partial charge in [-0.25, -0.2) is 4.99 Å². The fourth-order valence-corrected chi connectivity index (χ4v) is 7.01. The number of nitrogens with one attached hydrogen (secondary N) is 2. The molecule has 202 valence electrons. The van der Waals surface area contributed by atoms with E-state index < -0.39 is 18.0 Å². The molecule has 2 aromatic heterocycles. The van der Waals surface area contributed by atoms with E-state index in [-0.39, 0.29) is 24.6 Å². The first-order chi connectivity index (χ1) is 18.4. The van der Waals surface area contributed by atoms with Crippen molar-refractivity contribution >= 4 is 61.3 Å². The number of aliphatic carboxylic acids is 1. The van der Waals surface area contributed by atoms with E-state index in [0.717, 1.165) is 42.1 Å². The summed E-state index contributed by atoms with van der Waals surface area (Å²) in [6.07, 6.45) is 4.46. The molecule has 11 heteroatoms. The van der Waals surface area contributed by atoms with Crippen LogP contribution in [0.1, 0.15) is 51.9 Å². The molecule has 3 aromatic rings. The molecule has 9 nitrogen and oxygen atoms in total. The van der Waals surface area contributed by atoms with Crippen LogP contribution in [0.2, 0.25) is 0 Å². The number of carboxylic acids is 1. The second-order valence-electron chi connectivity index (χ2n) is 9.23. The standard InChI is InChI=1S/C17H22N2O3S2.C10H10N2O2/c20-15(21)5-8-19-16(22)14-10-12-9-13(23-17(12)24-14)2-1-11-3-6-18-7-4-11;1-14-9-6-4-2-3-5-7(6)12-8(9)10(11)13/h9-11,18H,1-8H2,(H,19,22)(H,20,21);2-5,9H,1H3,(H2,11,13). The van der Waals surface area contributed by atoms with Crippen LogP contribution < -0.4 is 16.4 Å². The number of methoxy groups -OCH3 is 1. The Morgan fingerprint density at radius 1 is 1.18 bits per heavy atom. The van der Waals surface area contributed by atoms with Crippen LogP contribution in [0.4, 0.5) is 5.69 Å². The van der Waals surface area contributed by atoms with Gasteiger partial charge in [-0.3, -0.25) is 14.4 Å². The molecule has 5 N–H and O–H groups in total. The minimum absolute atomic E-state index is 0.0493. The van der Waals surface area contributed by atoms with Gasteiger partial charge in [-0.15, -0.1) is 22.7 Å². The summed E-state index contributed by atoms with van der Waals surface area (Å²) in [6, 6.07) is 11.6. The second kappa shape index (κ2) is 13.1. The fourth-order valence-electron chi connectivity index (χ4n) is 4.58. The van der Waals surface area contributed by atoms with Gasteiger partial charge in [-0.2, -0.15) is 0 Å². The molecular weight excluding hydrogens is 524 g/mol. The molecule has 1 atom stereocenters. The smallest absolute Gasteiger partial charge is 0.305 e. The minimum atomic E-state index is -0.902. The Labute approximate surface area is 229 Å². The van der Waals surface area contributed by atoms with Crippen molar-refractivity contribution in [2.24, 2.45) is 16.6 Å². The quantitative estimate of drug-likeness (QED) is 0.313. The van der Waals surface area contributed by atoms with Crippen LogP contribution >= 0.6 is 22.7 Å². The highest BCUT2D eigenvalue weighted by Gasteiger charge is 2.30. The number of carbonyl (C=O) groups is 3. The van der Waals surface area contributed by atoms with Crippen molar-refractivity contribution in [3.63, 3.8) is 0 Å². The number of carboxylic acid groups (broad SMARTS) is 1. The third kappa shape index (κ3) is 7.04. The Morgan fingerprint density at radius 3 is 2.63 bits per heavy atom. The number of rotatable bonds is 9. The van der Waals surface area contributed by atoms with Gasteiger partial charge in [0.05, 0.1) is 21.0 Å². The molecule has 5 rings (SSSR count). The maximum Gasteiger partial charge on any atom is 0.305 e. The highest BCUT2D eigenvalue weighted by molar-refractivity contribution is 7.39. The van der Waals surface area contributed by atoms with Crippen molar-refractivity contribution in [1.82, 2.24) is 10.6 Å². The van der Waals surface area contributed by atoms with E-state index in [0.29, 0.717) is 4.88 Å². The number of nitrogens with two attached hydrogens (primary N) is 1. The maximum absolute atomic E-state index is 12.0. The maximum atomic E-state index is 12.0. The summed E-state index contributed by atoms with van der Waals surface area (Å²) in [4.78, 5) is 39.7. The number of hydrogen-bond acceptors (Lipinski definition) is 8. The monoisotopic (exact) mass is 556 g/mol. The number of benzene rings is 1. The Kier molecular flexibility index (Phi) is 9.62. The molecule has 38 heavy (non-hydrogen) atoms. The Bertz CT molecular complexity index is 1290. The summed E-state index contributed by atoms with van der Waals surface area (Å²) < 4.78 is 6.36. The van der Waals surface area contributed by atoms with Crippen LogP contribution in [-0.2, 0) is 20.7 Å². The predicted octanol–water partition coefficient (Wildman–Crippen LogP) is 4.05. The number of amides is 2. The van der Waals surface area contributed by atoms with Crippen molar-refractivity contribution in [3.05, 3.63) is 51.7 Å². The van der Waals surface area contributed by atoms with E-state index in [1.54, 1.807) is 11.3 Å². The fraction of sp³-hybridized carbons (Fsp3) is 0.407. The molecule has 0 radical (unpaired) electrons. The molecule has 4 heterocycles. The molecule has 2 amide bonds. The Balaban J connectivity index is 0.000000204. The van der Waals surface area contributed by atoms with E-state index in [1.807, 2.05) is 30.3 Å². The van der Waals surface area contributed by atoms with Crippen molar-refractivity contribution in [2.45, 2.75) is 38.2 Å².